The van der Waals surface area contributed by atoms with E-state index in [-0.39, 0.29) is 16.8 Å². The van der Waals surface area contributed by atoms with Crippen LogP contribution in [-0.4, -0.2) is 49.1 Å². The maximum absolute atomic E-state index is 12.4. The number of nitrogens with zero attached hydrogens (tertiary/aromatic N) is 2. The van der Waals surface area contributed by atoms with Crippen molar-refractivity contribution in [2.75, 3.05) is 5.75 Å². The second kappa shape index (κ2) is 5.48. The Kier molecular flexibility index (Phi) is 3.94. The maximum Gasteiger partial charge on any atom is 0.327 e. The highest BCUT2D eigenvalue weighted by atomic mass is 32.2. The summed E-state index contributed by atoms with van der Waals surface area (Å²) in [7, 11) is 0. The Morgan fingerprint density at radius 2 is 2.32 bits per heavy atom. The minimum Gasteiger partial charge on any atom is -0.505 e. The van der Waals surface area contributed by atoms with Gasteiger partial charge < -0.3 is 15.1 Å². The van der Waals surface area contributed by atoms with Gasteiger partial charge in [-0.3, -0.25) is 4.79 Å². The summed E-state index contributed by atoms with van der Waals surface area (Å²) in [5, 5.41) is 18.6. The molecule has 0 aliphatic carbocycles. The number of aromatic nitrogens is 1. The predicted molar refractivity (Wildman–Crippen MR) is 70.0 cm³/mol. The van der Waals surface area contributed by atoms with Crippen LogP contribution in [0.5, 0.6) is 5.75 Å². The van der Waals surface area contributed by atoms with Crippen LogP contribution in [0.4, 0.5) is 0 Å². The molecule has 0 radical (unpaired) electrons. The molecular weight excluding hydrogens is 268 g/mol. The van der Waals surface area contributed by atoms with Crippen LogP contribution in [0.25, 0.3) is 0 Å². The molecule has 1 aliphatic rings. The lowest BCUT2D eigenvalue weighted by Gasteiger charge is -2.26. The van der Waals surface area contributed by atoms with Crippen LogP contribution in [0.15, 0.2) is 18.3 Å². The van der Waals surface area contributed by atoms with Crippen molar-refractivity contribution in [3.8, 4) is 5.75 Å². The van der Waals surface area contributed by atoms with Gasteiger partial charge in [0.1, 0.15) is 11.8 Å². The number of hydrogen-bond donors (Lipinski definition) is 2. The van der Waals surface area contributed by atoms with Crippen LogP contribution in [0, 0.1) is 0 Å². The molecule has 0 bridgehead atoms. The predicted octanol–water partition coefficient (Wildman–Crippen LogP) is 1.17. The number of thioether (sulfide) groups is 1. The van der Waals surface area contributed by atoms with Gasteiger partial charge in [0, 0.05) is 11.9 Å². The molecule has 2 rings (SSSR count). The van der Waals surface area contributed by atoms with Gasteiger partial charge in [0.25, 0.3) is 5.91 Å². The second-order valence-corrected chi connectivity index (χ2v) is 5.34. The lowest BCUT2D eigenvalue weighted by molar-refractivity contribution is -0.141. The molecular formula is C12H14N2O4S. The Hall–Kier alpha value is -1.76. The van der Waals surface area contributed by atoms with E-state index in [2.05, 4.69) is 4.98 Å². The summed E-state index contributed by atoms with van der Waals surface area (Å²) in [5.41, 5.74) is -0.102. The first-order chi connectivity index (χ1) is 9.06. The molecule has 1 amide bonds. The molecule has 1 aliphatic heterocycles. The van der Waals surface area contributed by atoms with Crippen LogP contribution in [-0.2, 0) is 4.79 Å². The van der Waals surface area contributed by atoms with Crippen molar-refractivity contribution < 1.29 is 19.8 Å². The molecule has 1 fully saturated rings. The molecule has 0 spiro atoms. The van der Waals surface area contributed by atoms with Crippen LogP contribution < -0.4 is 0 Å². The van der Waals surface area contributed by atoms with Crippen LogP contribution in [0.3, 0.4) is 0 Å². The first-order valence-corrected chi connectivity index (χ1v) is 6.92. The molecule has 2 unspecified atom stereocenters. The summed E-state index contributed by atoms with van der Waals surface area (Å²) in [6.45, 7) is 1.89. The van der Waals surface area contributed by atoms with E-state index in [1.54, 1.807) is 0 Å². The highest BCUT2D eigenvalue weighted by Gasteiger charge is 2.42. The topological polar surface area (TPSA) is 90.7 Å². The number of carbonyl (C=O) groups is 2. The largest absolute Gasteiger partial charge is 0.505 e. The standard InChI is InChI=1S/C12H14N2O4S/c1-2-9-14(7(6-19-9)12(17)18)11(16)10-8(15)4-3-5-13-10/h3-5,7,9,15H,2,6H2,1H3,(H,17,18). The quantitative estimate of drug-likeness (QED) is 0.864. The fraction of sp³-hybridized carbons (Fsp3) is 0.417. The zero-order valence-electron chi connectivity index (χ0n) is 10.3. The highest BCUT2D eigenvalue weighted by molar-refractivity contribution is 8.00. The Balaban J connectivity index is 2.34. The summed E-state index contributed by atoms with van der Waals surface area (Å²) in [4.78, 5) is 28.7. The number of carbonyl (C=O) groups excluding carboxylic acids is 1. The van der Waals surface area contributed by atoms with Gasteiger partial charge in [-0.25, -0.2) is 9.78 Å². The third-order valence-electron chi connectivity index (χ3n) is 2.95. The van der Waals surface area contributed by atoms with E-state index in [4.69, 9.17) is 0 Å². The molecule has 102 valence electrons. The third kappa shape index (κ3) is 2.51. The Bertz CT molecular complexity index is 508. The zero-order valence-corrected chi connectivity index (χ0v) is 11.1. The van der Waals surface area contributed by atoms with Crippen LogP contribution in [0.2, 0.25) is 0 Å². The first kappa shape index (κ1) is 13.7. The van der Waals surface area contributed by atoms with E-state index >= 15 is 0 Å². The monoisotopic (exact) mass is 282 g/mol. The molecule has 0 saturated carbocycles. The summed E-state index contributed by atoms with van der Waals surface area (Å²) in [5.74, 6) is -1.45. The van der Waals surface area contributed by atoms with Gasteiger partial charge in [-0.2, -0.15) is 0 Å². The number of pyridine rings is 1. The average molecular weight is 282 g/mol. The number of amides is 1. The van der Waals surface area contributed by atoms with Crippen molar-refractivity contribution in [3.63, 3.8) is 0 Å². The lowest BCUT2D eigenvalue weighted by Crippen LogP contribution is -2.45. The van der Waals surface area contributed by atoms with Crippen molar-refractivity contribution in [1.82, 2.24) is 9.88 Å². The van der Waals surface area contributed by atoms with E-state index in [1.807, 2.05) is 6.92 Å². The molecule has 1 saturated heterocycles. The molecule has 19 heavy (non-hydrogen) atoms. The van der Waals surface area contributed by atoms with E-state index in [0.29, 0.717) is 12.2 Å². The fourth-order valence-electron chi connectivity index (χ4n) is 2.02. The van der Waals surface area contributed by atoms with Crippen LogP contribution >= 0.6 is 11.8 Å². The molecule has 2 N–H and O–H groups in total. The minimum atomic E-state index is -1.03. The molecule has 2 atom stereocenters. The molecule has 6 nitrogen and oxygen atoms in total. The zero-order chi connectivity index (χ0) is 14.0. The minimum absolute atomic E-state index is 0.102. The van der Waals surface area contributed by atoms with Crippen molar-refractivity contribution in [2.45, 2.75) is 24.8 Å². The van der Waals surface area contributed by atoms with Crippen molar-refractivity contribution in [1.29, 1.82) is 0 Å². The number of hydrogen-bond acceptors (Lipinski definition) is 5. The van der Waals surface area contributed by atoms with Gasteiger partial charge >= 0.3 is 5.97 Å². The Labute approximate surface area is 114 Å². The molecule has 0 aromatic carbocycles. The average Bonchev–Trinajstić information content (AvgIpc) is 2.82. The van der Waals surface area contributed by atoms with Gasteiger partial charge in [0.2, 0.25) is 0 Å². The SMILES string of the molecule is CCC1SCC(C(=O)O)N1C(=O)c1ncccc1O. The number of carboxylic acids is 1. The normalized spacial score (nSPS) is 22.5. The lowest BCUT2D eigenvalue weighted by atomic mass is 10.2. The summed E-state index contributed by atoms with van der Waals surface area (Å²) < 4.78 is 0. The Morgan fingerprint density at radius 3 is 2.89 bits per heavy atom. The number of carboxylic acid groups (broad SMARTS) is 1. The first-order valence-electron chi connectivity index (χ1n) is 5.87. The van der Waals surface area contributed by atoms with Gasteiger partial charge in [-0.05, 0) is 18.6 Å². The highest BCUT2D eigenvalue weighted by Crippen LogP contribution is 2.33. The van der Waals surface area contributed by atoms with E-state index in [0.717, 1.165) is 0 Å². The van der Waals surface area contributed by atoms with Gasteiger partial charge in [-0.15, -0.1) is 11.8 Å². The molecule has 2 heterocycles. The van der Waals surface area contributed by atoms with E-state index < -0.39 is 17.9 Å². The van der Waals surface area contributed by atoms with Crippen molar-refractivity contribution in [2.24, 2.45) is 0 Å². The second-order valence-electron chi connectivity index (χ2n) is 4.13. The molecule has 1 aromatic rings. The van der Waals surface area contributed by atoms with Crippen molar-refractivity contribution in [3.05, 3.63) is 24.0 Å². The van der Waals surface area contributed by atoms with Gasteiger partial charge in [0.05, 0.1) is 5.37 Å². The number of rotatable bonds is 3. The van der Waals surface area contributed by atoms with Gasteiger partial charge in [0.15, 0.2) is 5.69 Å². The Morgan fingerprint density at radius 1 is 1.58 bits per heavy atom. The van der Waals surface area contributed by atoms with E-state index in [9.17, 15) is 19.8 Å². The summed E-state index contributed by atoms with van der Waals surface area (Å²) in [6.07, 6.45) is 2.04. The van der Waals surface area contributed by atoms with Crippen molar-refractivity contribution >= 4 is 23.6 Å². The number of aromatic hydroxyl groups is 1. The fourth-order valence-corrected chi connectivity index (χ4v) is 3.37. The third-order valence-corrected chi connectivity index (χ3v) is 4.40. The number of aliphatic carboxylic acids is 1. The molecule has 1 aromatic heterocycles. The summed E-state index contributed by atoms with van der Waals surface area (Å²) >= 11 is 1.43. The summed E-state index contributed by atoms with van der Waals surface area (Å²) in [6, 6.07) is 2.00. The molecule has 7 heteroatoms. The maximum atomic E-state index is 12.4. The van der Waals surface area contributed by atoms with Gasteiger partial charge in [-0.1, -0.05) is 6.92 Å². The smallest absolute Gasteiger partial charge is 0.327 e. The van der Waals surface area contributed by atoms with E-state index in [1.165, 1.54) is 35.0 Å². The van der Waals surface area contributed by atoms with Crippen LogP contribution in [0.1, 0.15) is 23.8 Å².